The smallest absolute Gasteiger partial charge is 0.409 e. The van der Waals surface area contributed by atoms with E-state index in [1.165, 1.54) is 0 Å². The van der Waals surface area contributed by atoms with Gasteiger partial charge in [0.1, 0.15) is 12.3 Å². The fraction of sp³-hybridized carbons (Fsp3) is 0.355. The van der Waals surface area contributed by atoms with E-state index in [0.29, 0.717) is 13.0 Å². The fourth-order valence-corrected chi connectivity index (χ4v) is 7.75. The van der Waals surface area contributed by atoms with Gasteiger partial charge in [0.2, 0.25) is 0 Å². The summed E-state index contributed by atoms with van der Waals surface area (Å²) in [4.78, 5) is 28.2. The Balaban J connectivity index is 1.58. The van der Waals surface area contributed by atoms with Crippen LogP contribution in [0.2, 0.25) is 0 Å². The molecule has 5 aromatic rings. The monoisotopic (exact) mass is 538 g/mol. The maximum Gasteiger partial charge on any atom is 0.409 e. The van der Waals surface area contributed by atoms with Crippen LogP contribution in [0.1, 0.15) is 42.4 Å². The quantitative estimate of drug-likeness (QED) is 0.340. The van der Waals surface area contributed by atoms with Gasteiger partial charge in [-0.15, -0.1) is 0 Å². The zero-order valence-corrected chi connectivity index (χ0v) is 22.9. The van der Waals surface area contributed by atoms with Crippen LogP contribution in [0, 0.1) is 0 Å². The lowest BCUT2D eigenvalue weighted by atomic mass is 9.92. The minimum Gasteiger partial charge on any atom is -0.450 e. The molecule has 204 valence electrons. The van der Waals surface area contributed by atoms with Crippen molar-refractivity contribution in [3.8, 4) is 0 Å². The first kappa shape index (κ1) is 23.8. The van der Waals surface area contributed by atoms with Gasteiger partial charge in [0, 0.05) is 48.7 Å². The molecule has 9 heteroatoms. The van der Waals surface area contributed by atoms with Crippen molar-refractivity contribution >= 4 is 55.6 Å². The van der Waals surface area contributed by atoms with Crippen LogP contribution in [-0.4, -0.2) is 58.9 Å². The number of fused-ring (bicyclic) bond motifs is 13. The average molecular weight is 539 g/mol. The number of para-hydroxylation sites is 2. The van der Waals surface area contributed by atoms with Crippen molar-refractivity contribution in [2.24, 2.45) is 0 Å². The molecule has 1 saturated heterocycles. The summed E-state index contributed by atoms with van der Waals surface area (Å²) in [6, 6.07) is 16.1. The molecule has 0 aliphatic carbocycles. The highest BCUT2D eigenvalue weighted by molar-refractivity contribution is 6.31. The number of benzene rings is 3. The molecule has 0 saturated carbocycles. The van der Waals surface area contributed by atoms with Crippen LogP contribution >= 0.6 is 0 Å². The number of methoxy groups -OCH3 is 1. The van der Waals surface area contributed by atoms with Gasteiger partial charge in [0.15, 0.2) is 5.72 Å². The molecule has 1 fully saturated rings. The van der Waals surface area contributed by atoms with Gasteiger partial charge in [-0.05, 0) is 31.5 Å². The van der Waals surface area contributed by atoms with E-state index in [2.05, 4.69) is 45.6 Å². The van der Waals surface area contributed by atoms with Crippen molar-refractivity contribution < 1.29 is 23.8 Å². The lowest BCUT2D eigenvalue weighted by Crippen LogP contribution is -2.61. The lowest BCUT2D eigenvalue weighted by molar-refractivity contribution is -0.265. The number of rotatable bonds is 3. The summed E-state index contributed by atoms with van der Waals surface area (Å²) in [5.74, 6) is -0.0503. The van der Waals surface area contributed by atoms with Crippen LogP contribution in [0.15, 0.2) is 48.5 Å². The van der Waals surface area contributed by atoms with E-state index in [4.69, 9.17) is 14.2 Å². The maximum absolute atomic E-state index is 13.5. The maximum atomic E-state index is 13.5. The molecule has 0 radical (unpaired) electrons. The third-order valence-corrected chi connectivity index (χ3v) is 9.25. The van der Waals surface area contributed by atoms with E-state index in [0.717, 1.165) is 54.7 Å². The van der Waals surface area contributed by atoms with Crippen LogP contribution in [0.25, 0.3) is 43.6 Å². The number of aromatic nitrogens is 2. The Labute approximate surface area is 230 Å². The second-order valence-corrected chi connectivity index (χ2v) is 11.1. The third kappa shape index (κ3) is 2.69. The molecule has 9 nitrogen and oxygen atoms in total. The van der Waals surface area contributed by atoms with Crippen LogP contribution in [0.3, 0.4) is 0 Å². The molecule has 1 N–H and O–H groups in total. The molecule has 40 heavy (non-hydrogen) atoms. The highest BCUT2D eigenvalue weighted by atomic mass is 16.6. The molecule has 2 bridgehead atoms. The van der Waals surface area contributed by atoms with E-state index >= 15 is 0 Å². The molecule has 0 spiro atoms. The van der Waals surface area contributed by atoms with Crippen molar-refractivity contribution in [2.75, 3.05) is 20.8 Å². The normalized spacial score (nSPS) is 25.1. The largest absolute Gasteiger partial charge is 0.450 e. The summed E-state index contributed by atoms with van der Waals surface area (Å²) in [7, 11) is 3.45. The third-order valence-electron chi connectivity index (χ3n) is 9.25. The summed E-state index contributed by atoms with van der Waals surface area (Å²) in [5, 5.41) is 7.18. The molecule has 5 heterocycles. The fourth-order valence-electron chi connectivity index (χ4n) is 7.75. The number of likely N-dealkylation sites (N-methyl/N-ethyl adjacent to an activating group) is 1. The Morgan fingerprint density at radius 3 is 2.52 bits per heavy atom. The summed E-state index contributed by atoms with van der Waals surface area (Å²) < 4.78 is 23.3. The molecule has 3 aromatic carbocycles. The predicted molar refractivity (Wildman–Crippen MR) is 151 cm³/mol. The van der Waals surface area contributed by atoms with Crippen LogP contribution in [0.5, 0.6) is 0 Å². The van der Waals surface area contributed by atoms with Crippen LogP contribution < -0.4 is 5.32 Å². The van der Waals surface area contributed by atoms with Gasteiger partial charge in [-0.25, -0.2) is 4.79 Å². The number of carbonyl (C=O) groups is 2. The van der Waals surface area contributed by atoms with Gasteiger partial charge in [0.05, 0.1) is 40.3 Å². The van der Waals surface area contributed by atoms with Gasteiger partial charge in [0.25, 0.3) is 5.91 Å². The number of ether oxygens (including phenoxy) is 3. The highest BCUT2D eigenvalue weighted by Crippen LogP contribution is 2.54. The molecule has 4 atom stereocenters. The van der Waals surface area contributed by atoms with Gasteiger partial charge >= 0.3 is 6.09 Å². The van der Waals surface area contributed by atoms with Gasteiger partial charge < -0.3 is 33.6 Å². The van der Waals surface area contributed by atoms with Crippen molar-refractivity contribution in [3.05, 3.63) is 59.7 Å². The summed E-state index contributed by atoms with van der Waals surface area (Å²) in [5.41, 5.74) is 4.76. The molecule has 0 unspecified atom stereocenters. The summed E-state index contributed by atoms with van der Waals surface area (Å²) in [6.07, 6.45) is -0.832. The van der Waals surface area contributed by atoms with Crippen molar-refractivity contribution in [1.29, 1.82) is 0 Å². The van der Waals surface area contributed by atoms with Crippen LogP contribution in [0.4, 0.5) is 4.79 Å². The average Bonchev–Trinajstić information content (AvgIpc) is 3.60. The Morgan fingerprint density at radius 2 is 1.80 bits per heavy atom. The zero-order chi connectivity index (χ0) is 27.5. The first-order valence-corrected chi connectivity index (χ1v) is 13.8. The SMILES string of the molecule is CCOC(=O)N(C)[C@H]1C[C@@H]2O[C@](C)([C@H]1OC)n1c3ccccc3c3c4c(c5c6ccccc6n2c5c31)C(=O)NC4. The first-order valence-electron chi connectivity index (χ1n) is 13.8. The van der Waals surface area contributed by atoms with Crippen molar-refractivity contribution in [3.63, 3.8) is 0 Å². The number of hydrogen-bond acceptors (Lipinski definition) is 5. The molecular weight excluding hydrogens is 508 g/mol. The highest BCUT2D eigenvalue weighted by Gasteiger charge is 2.55. The van der Waals surface area contributed by atoms with E-state index < -0.39 is 24.2 Å². The summed E-state index contributed by atoms with van der Waals surface area (Å²) in [6.45, 7) is 4.62. The van der Waals surface area contributed by atoms with Crippen molar-refractivity contribution in [2.45, 2.75) is 50.9 Å². The van der Waals surface area contributed by atoms with E-state index in [9.17, 15) is 9.59 Å². The predicted octanol–water partition coefficient (Wildman–Crippen LogP) is 5.22. The molecule has 3 aliphatic heterocycles. The molecule has 3 aliphatic rings. The van der Waals surface area contributed by atoms with Crippen LogP contribution in [-0.2, 0) is 26.5 Å². The first-order chi connectivity index (χ1) is 19.4. The number of hydrogen-bond donors (Lipinski definition) is 1. The Bertz CT molecular complexity index is 1920. The molecular formula is C31H30N4O5. The number of nitrogens with one attached hydrogen (secondary N) is 1. The van der Waals surface area contributed by atoms with E-state index in [1.807, 2.05) is 31.2 Å². The Hall–Kier alpha value is -4.08. The minimum atomic E-state index is -0.984. The number of amides is 2. The minimum absolute atomic E-state index is 0.0503. The topological polar surface area (TPSA) is 87.0 Å². The van der Waals surface area contributed by atoms with Crippen molar-refractivity contribution in [1.82, 2.24) is 19.4 Å². The standard InChI is InChI=1S/C31H30N4O5/c1-5-39-30(37)33(3)21-14-22-34-19-12-8-6-10-16(19)24-25-18(15-32-29(25)36)23-17-11-7-9-13-20(17)35(27(23)26(24)34)31(2,40-22)28(21)38-4/h6-13,21-22,28H,5,14-15H2,1-4H3,(H,32,36)/t21-,22-,28-,31+/m0/s1. The van der Waals surface area contributed by atoms with E-state index in [1.54, 1.807) is 19.1 Å². The Kier molecular flexibility index (Phi) is 4.75. The van der Waals surface area contributed by atoms with E-state index in [-0.39, 0.29) is 18.6 Å². The second-order valence-electron chi connectivity index (χ2n) is 11.1. The summed E-state index contributed by atoms with van der Waals surface area (Å²) >= 11 is 0. The Morgan fingerprint density at radius 1 is 1.10 bits per heavy atom. The number of carbonyl (C=O) groups excluding carboxylic acids is 2. The second kappa shape index (κ2) is 7.99. The van der Waals surface area contributed by atoms with Gasteiger partial charge in [-0.2, -0.15) is 0 Å². The number of nitrogens with zero attached hydrogens (tertiary/aromatic N) is 3. The lowest BCUT2D eigenvalue weighted by Gasteiger charge is -2.50. The molecule has 2 aromatic heterocycles. The van der Waals surface area contributed by atoms with Gasteiger partial charge in [-0.1, -0.05) is 36.4 Å². The van der Waals surface area contributed by atoms with Gasteiger partial charge in [-0.3, -0.25) is 4.79 Å². The molecule has 2 amide bonds. The molecule has 8 rings (SSSR count). The zero-order valence-electron chi connectivity index (χ0n) is 22.9.